The van der Waals surface area contributed by atoms with Gasteiger partial charge in [-0.15, -0.1) is 0 Å². The van der Waals surface area contributed by atoms with Gasteiger partial charge < -0.3 is 15.4 Å². The fourth-order valence-corrected chi connectivity index (χ4v) is 4.26. The predicted molar refractivity (Wildman–Crippen MR) is 142 cm³/mol. The standard InChI is InChI=1S/C28H32ClN3O3/c1-18-8-6-9-19(2)27(18)30-25(33)16-32(15-22-14-23(29)12-13-24(22)35-5)17-26(34)31-28-20(3)10-7-11-21(28)4/h6-14H,15-17H2,1-5H3,(H,30,33)(H,31,34). The summed E-state index contributed by atoms with van der Waals surface area (Å²) in [5, 5.41) is 6.57. The first-order chi connectivity index (χ1) is 16.7. The molecule has 0 saturated carbocycles. The van der Waals surface area contributed by atoms with Crippen molar-refractivity contribution in [3.05, 3.63) is 87.4 Å². The zero-order valence-corrected chi connectivity index (χ0v) is 21.6. The summed E-state index contributed by atoms with van der Waals surface area (Å²) >= 11 is 6.22. The van der Waals surface area contributed by atoms with E-state index in [1.54, 1.807) is 30.2 Å². The maximum Gasteiger partial charge on any atom is 0.238 e. The molecule has 0 unspecified atom stereocenters. The van der Waals surface area contributed by atoms with E-state index in [1.807, 2.05) is 64.1 Å². The molecule has 184 valence electrons. The number of rotatable bonds is 9. The van der Waals surface area contributed by atoms with Gasteiger partial charge >= 0.3 is 0 Å². The van der Waals surface area contributed by atoms with E-state index in [0.717, 1.165) is 39.2 Å². The molecule has 0 radical (unpaired) electrons. The van der Waals surface area contributed by atoms with E-state index in [0.29, 0.717) is 17.3 Å². The van der Waals surface area contributed by atoms with Crippen LogP contribution in [-0.4, -0.2) is 36.9 Å². The number of aryl methyl sites for hydroxylation is 4. The van der Waals surface area contributed by atoms with Crippen molar-refractivity contribution < 1.29 is 14.3 Å². The van der Waals surface area contributed by atoms with Gasteiger partial charge in [0.1, 0.15) is 5.75 Å². The number of benzene rings is 3. The molecule has 0 aromatic heterocycles. The van der Waals surface area contributed by atoms with Gasteiger partial charge in [0.15, 0.2) is 0 Å². The highest BCUT2D eigenvalue weighted by Gasteiger charge is 2.19. The maximum absolute atomic E-state index is 13.0. The molecule has 0 bridgehead atoms. The Bertz CT molecular complexity index is 1120. The zero-order valence-electron chi connectivity index (χ0n) is 20.9. The Labute approximate surface area is 212 Å². The van der Waals surface area contributed by atoms with E-state index in [-0.39, 0.29) is 24.9 Å². The molecule has 0 aliphatic carbocycles. The van der Waals surface area contributed by atoms with Crippen LogP contribution in [0, 0.1) is 27.7 Å². The van der Waals surface area contributed by atoms with Crippen molar-refractivity contribution in [3.8, 4) is 5.75 Å². The Morgan fingerprint density at radius 3 is 1.69 bits per heavy atom. The van der Waals surface area contributed by atoms with Gasteiger partial charge in [-0.25, -0.2) is 0 Å². The number of anilines is 2. The number of nitrogens with zero attached hydrogens (tertiary/aromatic N) is 1. The molecule has 3 rings (SSSR count). The molecule has 0 aliphatic heterocycles. The highest BCUT2D eigenvalue weighted by Crippen LogP contribution is 2.25. The summed E-state index contributed by atoms with van der Waals surface area (Å²) in [6.45, 7) is 8.16. The SMILES string of the molecule is COc1ccc(Cl)cc1CN(CC(=O)Nc1c(C)cccc1C)CC(=O)Nc1c(C)cccc1C. The number of carbonyl (C=O) groups is 2. The van der Waals surface area contributed by atoms with Crippen LogP contribution in [0.5, 0.6) is 5.75 Å². The molecule has 6 nitrogen and oxygen atoms in total. The number of para-hydroxylation sites is 2. The molecule has 0 aliphatic rings. The van der Waals surface area contributed by atoms with E-state index in [9.17, 15) is 9.59 Å². The first kappa shape index (κ1) is 26.3. The molecular weight excluding hydrogens is 462 g/mol. The molecule has 0 heterocycles. The summed E-state index contributed by atoms with van der Waals surface area (Å²) in [7, 11) is 1.58. The highest BCUT2D eigenvalue weighted by atomic mass is 35.5. The first-order valence-corrected chi connectivity index (χ1v) is 11.8. The van der Waals surface area contributed by atoms with Crippen LogP contribution in [0.15, 0.2) is 54.6 Å². The number of hydrogen-bond donors (Lipinski definition) is 2. The number of methoxy groups -OCH3 is 1. The van der Waals surface area contributed by atoms with E-state index < -0.39 is 0 Å². The van der Waals surface area contributed by atoms with Gasteiger partial charge in [0.05, 0.1) is 20.2 Å². The lowest BCUT2D eigenvalue weighted by Gasteiger charge is -2.23. The number of halogens is 1. The average Bonchev–Trinajstić information content (AvgIpc) is 2.79. The quantitative estimate of drug-likeness (QED) is 0.403. The van der Waals surface area contributed by atoms with Crippen LogP contribution < -0.4 is 15.4 Å². The Kier molecular flexibility index (Phi) is 8.90. The van der Waals surface area contributed by atoms with Crippen LogP contribution in [0.4, 0.5) is 11.4 Å². The summed E-state index contributed by atoms with van der Waals surface area (Å²) in [6.07, 6.45) is 0. The first-order valence-electron chi connectivity index (χ1n) is 11.4. The van der Waals surface area contributed by atoms with Crippen molar-refractivity contribution in [1.29, 1.82) is 0 Å². The second-order valence-electron chi connectivity index (χ2n) is 8.73. The lowest BCUT2D eigenvalue weighted by Crippen LogP contribution is -2.38. The summed E-state index contributed by atoms with van der Waals surface area (Å²) < 4.78 is 5.48. The second-order valence-corrected chi connectivity index (χ2v) is 9.17. The maximum atomic E-state index is 13.0. The lowest BCUT2D eigenvalue weighted by molar-refractivity contribution is -0.120. The Balaban J connectivity index is 1.81. The van der Waals surface area contributed by atoms with Crippen LogP contribution >= 0.6 is 11.6 Å². The summed E-state index contributed by atoms with van der Waals surface area (Å²) in [4.78, 5) is 27.9. The predicted octanol–water partition coefficient (Wildman–Crippen LogP) is 5.66. The molecule has 3 aromatic carbocycles. The molecule has 0 spiro atoms. The molecule has 2 N–H and O–H groups in total. The van der Waals surface area contributed by atoms with Crippen molar-refractivity contribution in [3.63, 3.8) is 0 Å². The summed E-state index contributed by atoms with van der Waals surface area (Å²) in [6, 6.07) is 17.0. The van der Waals surface area contributed by atoms with Gasteiger partial charge in [0.2, 0.25) is 11.8 Å². The van der Waals surface area contributed by atoms with Crippen molar-refractivity contribution in [1.82, 2.24) is 4.90 Å². The lowest BCUT2D eigenvalue weighted by atomic mass is 10.1. The Morgan fingerprint density at radius 2 is 1.26 bits per heavy atom. The van der Waals surface area contributed by atoms with Crippen LogP contribution in [-0.2, 0) is 16.1 Å². The van der Waals surface area contributed by atoms with Crippen molar-refractivity contribution in [2.24, 2.45) is 0 Å². The topological polar surface area (TPSA) is 70.7 Å². The van der Waals surface area contributed by atoms with E-state index in [2.05, 4.69) is 10.6 Å². The minimum absolute atomic E-state index is 0.0175. The van der Waals surface area contributed by atoms with Gasteiger partial charge in [0.25, 0.3) is 0 Å². The molecule has 0 saturated heterocycles. The van der Waals surface area contributed by atoms with Crippen molar-refractivity contribution in [2.75, 3.05) is 30.8 Å². The van der Waals surface area contributed by atoms with Crippen molar-refractivity contribution in [2.45, 2.75) is 34.2 Å². The fraction of sp³-hybridized carbons (Fsp3) is 0.286. The minimum Gasteiger partial charge on any atom is -0.496 e. The fourth-order valence-electron chi connectivity index (χ4n) is 4.07. The number of ether oxygens (including phenoxy) is 1. The van der Waals surface area contributed by atoms with Crippen LogP contribution in [0.3, 0.4) is 0 Å². The molecule has 35 heavy (non-hydrogen) atoms. The molecular formula is C28H32ClN3O3. The van der Waals surface area contributed by atoms with Gasteiger partial charge in [-0.2, -0.15) is 0 Å². The summed E-state index contributed by atoms with van der Waals surface area (Å²) in [5.74, 6) is 0.233. The zero-order chi connectivity index (χ0) is 25.5. The molecule has 7 heteroatoms. The number of hydrogen-bond acceptors (Lipinski definition) is 4. The van der Waals surface area contributed by atoms with Gasteiger partial charge in [-0.05, 0) is 68.1 Å². The summed E-state index contributed by atoms with van der Waals surface area (Å²) in [5.41, 5.74) is 6.29. The van der Waals surface area contributed by atoms with Gasteiger partial charge in [0, 0.05) is 28.5 Å². The molecule has 2 amide bonds. The monoisotopic (exact) mass is 493 g/mol. The Morgan fingerprint density at radius 1 is 0.800 bits per heavy atom. The molecule has 3 aromatic rings. The molecule has 0 atom stereocenters. The minimum atomic E-state index is -0.205. The van der Waals surface area contributed by atoms with Crippen LogP contribution in [0.25, 0.3) is 0 Å². The number of nitrogens with one attached hydrogen (secondary N) is 2. The smallest absolute Gasteiger partial charge is 0.238 e. The van der Waals surface area contributed by atoms with E-state index in [4.69, 9.17) is 16.3 Å². The third-order valence-corrected chi connectivity index (χ3v) is 6.10. The van der Waals surface area contributed by atoms with Crippen LogP contribution in [0.1, 0.15) is 27.8 Å². The van der Waals surface area contributed by atoms with E-state index in [1.165, 1.54) is 0 Å². The normalized spacial score (nSPS) is 10.8. The number of amides is 2. The molecule has 0 fully saturated rings. The van der Waals surface area contributed by atoms with Crippen LogP contribution in [0.2, 0.25) is 5.02 Å². The highest BCUT2D eigenvalue weighted by molar-refractivity contribution is 6.30. The third-order valence-electron chi connectivity index (χ3n) is 5.86. The Hall–Kier alpha value is -3.35. The van der Waals surface area contributed by atoms with E-state index >= 15 is 0 Å². The van der Waals surface area contributed by atoms with Gasteiger partial charge in [-0.3, -0.25) is 14.5 Å². The number of carbonyl (C=O) groups excluding carboxylic acids is 2. The largest absolute Gasteiger partial charge is 0.496 e. The average molecular weight is 494 g/mol. The van der Waals surface area contributed by atoms with Crippen molar-refractivity contribution >= 4 is 34.8 Å². The third kappa shape index (κ3) is 7.07. The van der Waals surface area contributed by atoms with Gasteiger partial charge in [-0.1, -0.05) is 48.0 Å². The second kappa shape index (κ2) is 11.9.